The molecule has 6 nitrogen and oxygen atoms in total. The SMILES string of the molecule is CS(=O)(=O)c1ccc(CN2CCC3(CC2)COC(=O)O3)cc1. The first-order chi connectivity index (χ1) is 10.4. The normalized spacial score (nSPS) is 21.6. The number of benzene rings is 1. The molecule has 2 fully saturated rings. The quantitative estimate of drug-likeness (QED) is 0.786. The zero-order valence-corrected chi connectivity index (χ0v) is 13.3. The van der Waals surface area contributed by atoms with Gasteiger partial charge in [-0.3, -0.25) is 4.90 Å². The third kappa shape index (κ3) is 3.25. The van der Waals surface area contributed by atoms with E-state index in [1.807, 2.05) is 12.1 Å². The molecule has 0 radical (unpaired) electrons. The first-order valence-corrected chi connectivity index (χ1v) is 9.13. The molecular weight excluding hydrogens is 306 g/mol. The smallest absolute Gasteiger partial charge is 0.430 e. The van der Waals surface area contributed by atoms with Crippen LogP contribution in [0.25, 0.3) is 0 Å². The molecule has 0 saturated carbocycles. The predicted octanol–water partition coefficient (Wildman–Crippen LogP) is 1.59. The van der Waals surface area contributed by atoms with E-state index in [1.54, 1.807) is 12.1 Å². The number of sulfone groups is 1. The number of hydrogen-bond acceptors (Lipinski definition) is 6. The number of carbonyl (C=O) groups is 1. The zero-order valence-electron chi connectivity index (χ0n) is 12.4. The van der Waals surface area contributed by atoms with Crippen molar-refractivity contribution in [1.82, 2.24) is 4.90 Å². The van der Waals surface area contributed by atoms with Gasteiger partial charge in [0.1, 0.15) is 6.61 Å². The molecule has 2 aliphatic rings. The number of ether oxygens (including phenoxy) is 2. The van der Waals surface area contributed by atoms with Gasteiger partial charge in [0.15, 0.2) is 15.4 Å². The van der Waals surface area contributed by atoms with Crippen molar-refractivity contribution in [2.45, 2.75) is 29.9 Å². The van der Waals surface area contributed by atoms with E-state index < -0.39 is 21.6 Å². The number of carbonyl (C=O) groups excluding carboxylic acids is 1. The molecule has 120 valence electrons. The Morgan fingerprint density at radius 2 is 1.82 bits per heavy atom. The van der Waals surface area contributed by atoms with Crippen LogP contribution in [0.5, 0.6) is 0 Å². The molecule has 1 aromatic rings. The van der Waals surface area contributed by atoms with Crippen LogP contribution in [-0.2, 0) is 25.9 Å². The van der Waals surface area contributed by atoms with Crippen molar-refractivity contribution >= 4 is 16.0 Å². The number of cyclic esters (lactones) is 1. The Labute approximate surface area is 129 Å². The van der Waals surface area contributed by atoms with E-state index in [9.17, 15) is 13.2 Å². The van der Waals surface area contributed by atoms with Crippen LogP contribution >= 0.6 is 0 Å². The lowest BCUT2D eigenvalue weighted by atomic mass is 9.92. The highest BCUT2D eigenvalue weighted by Crippen LogP contribution is 2.32. The molecule has 2 saturated heterocycles. The molecule has 0 unspecified atom stereocenters. The van der Waals surface area contributed by atoms with Gasteiger partial charge in [-0.25, -0.2) is 13.2 Å². The van der Waals surface area contributed by atoms with Gasteiger partial charge in [-0.05, 0) is 17.7 Å². The summed E-state index contributed by atoms with van der Waals surface area (Å²) in [5.74, 6) is 0. The molecule has 3 rings (SSSR count). The minimum absolute atomic E-state index is 0.337. The van der Waals surface area contributed by atoms with Crippen LogP contribution in [0, 0.1) is 0 Å². The largest absolute Gasteiger partial charge is 0.509 e. The van der Waals surface area contributed by atoms with Crippen LogP contribution in [0.15, 0.2) is 29.2 Å². The van der Waals surface area contributed by atoms with Crippen LogP contribution in [-0.4, -0.2) is 51.0 Å². The van der Waals surface area contributed by atoms with Gasteiger partial charge in [0.2, 0.25) is 0 Å². The number of nitrogens with zero attached hydrogens (tertiary/aromatic N) is 1. The summed E-state index contributed by atoms with van der Waals surface area (Å²) in [5, 5.41) is 0. The second-order valence-corrected chi connectivity index (χ2v) is 8.03. The average molecular weight is 325 g/mol. The third-order valence-corrected chi connectivity index (χ3v) is 5.41. The minimum Gasteiger partial charge on any atom is -0.430 e. The van der Waals surface area contributed by atoms with E-state index in [0.29, 0.717) is 11.5 Å². The number of piperidine rings is 1. The van der Waals surface area contributed by atoms with Gasteiger partial charge in [-0.2, -0.15) is 0 Å². The Kier molecular flexibility index (Phi) is 3.86. The highest BCUT2D eigenvalue weighted by Gasteiger charge is 2.44. The fourth-order valence-corrected chi connectivity index (χ4v) is 3.52. The molecule has 1 spiro atoms. The van der Waals surface area contributed by atoms with Gasteiger partial charge in [-0.15, -0.1) is 0 Å². The van der Waals surface area contributed by atoms with E-state index in [1.165, 1.54) is 6.26 Å². The summed E-state index contributed by atoms with van der Waals surface area (Å²) in [6.45, 7) is 2.76. The van der Waals surface area contributed by atoms with E-state index >= 15 is 0 Å². The molecule has 1 aromatic carbocycles. The fourth-order valence-electron chi connectivity index (χ4n) is 2.89. The van der Waals surface area contributed by atoms with Crippen LogP contribution in [0.4, 0.5) is 4.79 Å². The lowest BCUT2D eigenvalue weighted by Gasteiger charge is -2.36. The highest BCUT2D eigenvalue weighted by atomic mass is 32.2. The first-order valence-electron chi connectivity index (χ1n) is 7.24. The second kappa shape index (κ2) is 5.55. The molecule has 0 amide bonds. The van der Waals surface area contributed by atoms with E-state index in [-0.39, 0.29) is 0 Å². The van der Waals surface area contributed by atoms with Gasteiger partial charge in [0.05, 0.1) is 4.90 Å². The van der Waals surface area contributed by atoms with Gasteiger partial charge in [-0.1, -0.05) is 12.1 Å². The van der Waals surface area contributed by atoms with Crippen molar-refractivity contribution in [2.75, 3.05) is 26.0 Å². The van der Waals surface area contributed by atoms with Gasteiger partial charge in [0.25, 0.3) is 0 Å². The zero-order chi connectivity index (χ0) is 15.8. The molecule has 0 aliphatic carbocycles. The summed E-state index contributed by atoms with van der Waals surface area (Å²) in [4.78, 5) is 13.7. The Bertz CT molecular complexity index is 660. The number of likely N-dealkylation sites (tertiary alicyclic amines) is 1. The Balaban J connectivity index is 1.58. The van der Waals surface area contributed by atoms with Crippen molar-refractivity contribution in [3.8, 4) is 0 Å². The highest BCUT2D eigenvalue weighted by molar-refractivity contribution is 7.90. The lowest BCUT2D eigenvalue weighted by molar-refractivity contribution is -0.00163. The van der Waals surface area contributed by atoms with E-state index in [2.05, 4.69) is 4.90 Å². The number of rotatable bonds is 3. The molecule has 0 atom stereocenters. The van der Waals surface area contributed by atoms with Crippen LogP contribution in [0.2, 0.25) is 0 Å². The maximum absolute atomic E-state index is 11.4. The molecule has 0 N–H and O–H groups in total. The number of hydrogen-bond donors (Lipinski definition) is 0. The molecule has 22 heavy (non-hydrogen) atoms. The Hall–Kier alpha value is -1.60. The summed E-state index contributed by atoms with van der Waals surface area (Å²) in [7, 11) is -3.15. The minimum atomic E-state index is -3.15. The summed E-state index contributed by atoms with van der Waals surface area (Å²) < 4.78 is 33.1. The van der Waals surface area contributed by atoms with E-state index in [4.69, 9.17) is 9.47 Å². The summed E-state index contributed by atoms with van der Waals surface area (Å²) in [6.07, 6.45) is 2.17. The van der Waals surface area contributed by atoms with Crippen LogP contribution in [0.1, 0.15) is 18.4 Å². The summed E-state index contributed by atoms with van der Waals surface area (Å²) in [5.41, 5.74) is 0.635. The van der Waals surface area contributed by atoms with Gasteiger partial charge in [0, 0.05) is 38.7 Å². The first kappa shape index (κ1) is 15.3. The summed E-state index contributed by atoms with van der Waals surface area (Å²) >= 11 is 0. The fraction of sp³-hybridized carbons (Fsp3) is 0.533. The average Bonchev–Trinajstić information content (AvgIpc) is 2.83. The molecule has 7 heteroatoms. The molecule has 2 aliphatic heterocycles. The Morgan fingerprint density at radius 1 is 1.18 bits per heavy atom. The van der Waals surface area contributed by atoms with Crippen LogP contribution in [0.3, 0.4) is 0 Å². The summed E-state index contributed by atoms with van der Waals surface area (Å²) in [6, 6.07) is 6.98. The topological polar surface area (TPSA) is 72.9 Å². The van der Waals surface area contributed by atoms with Crippen molar-refractivity contribution in [3.05, 3.63) is 29.8 Å². The third-order valence-electron chi connectivity index (χ3n) is 4.28. The van der Waals surface area contributed by atoms with E-state index in [0.717, 1.165) is 38.0 Å². The molecule has 0 aromatic heterocycles. The van der Waals surface area contributed by atoms with Gasteiger partial charge >= 0.3 is 6.16 Å². The predicted molar refractivity (Wildman–Crippen MR) is 79.2 cm³/mol. The lowest BCUT2D eigenvalue weighted by Crippen LogP contribution is -2.45. The van der Waals surface area contributed by atoms with Gasteiger partial charge < -0.3 is 9.47 Å². The Morgan fingerprint density at radius 3 is 2.32 bits per heavy atom. The van der Waals surface area contributed by atoms with Crippen LogP contribution < -0.4 is 0 Å². The monoisotopic (exact) mass is 325 g/mol. The molecule has 2 heterocycles. The maximum atomic E-state index is 11.4. The molecular formula is C15H19NO5S. The van der Waals surface area contributed by atoms with Crippen molar-refractivity contribution in [3.63, 3.8) is 0 Å². The van der Waals surface area contributed by atoms with Crippen molar-refractivity contribution in [1.29, 1.82) is 0 Å². The van der Waals surface area contributed by atoms with Crippen molar-refractivity contribution in [2.24, 2.45) is 0 Å². The second-order valence-electron chi connectivity index (χ2n) is 6.02. The van der Waals surface area contributed by atoms with Crippen molar-refractivity contribution < 1.29 is 22.7 Å². The maximum Gasteiger partial charge on any atom is 0.509 e. The molecule has 0 bridgehead atoms. The standard InChI is InChI=1S/C15H19NO5S/c1-22(18,19)13-4-2-12(3-5-13)10-16-8-6-15(7-9-16)11-20-14(17)21-15/h2-5H,6-11H2,1H3.